The largest absolute Gasteiger partial charge is 0.334 e. The molecule has 4 aromatic rings. The summed E-state index contributed by atoms with van der Waals surface area (Å²) in [5, 5.41) is 4.50. The van der Waals surface area contributed by atoms with Gasteiger partial charge in [-0.25, -0.2) is 4.79 Å². The van der Waals surface area contributed by atoms with Crippen LogP contribution in [0.2, 0.25) is 5.02 Å². The number of nitrogens with one attached hydrogen (secondary N) is 1. The summed E-state index contributed by atoms with van der Waals surface area (Å²) in [7, 11) is 0. The molecule has 1 N–H and O–H groups in total. The van der Waals surface area contributed by atoms with E-state index in [1.54, 1.807) is 23.0 Å². The van der Waals surface area contributed by atoms with Gasteiger partial charge in [0, 0.05) is 29.8 Å². The Balaban J connectivity index is 1.74. The molecule has 3 aromatic heterocycles. The first-order valence-corrected chi connectivity index (χ1v) is 7.82. The highest BCUT2D eigenvalue weighted by molar-refractivity contribution is 6.30. The molecule has 0 unspecified atom stereocenters. The Morgan fingerprint density at radius 2 is 2.08 bits per heavy atom. The summed E-state index contributed by atoms with van der Waals surface area (Å²) in [6, 6.07) is 9.05. The molecular weight excluding hydrogens is 342 g/mol. The maximum Gasteiger partial charge on any atom is 0.330 e. The molecule has 1 aromatic carbocycles. The number of H-pyrrole nitrogens is 1. The van der Waals surface area contributed by atoms with Gasteiger partial charge in [0.2, 0.25) is 5.82 Å². The molecule has 0 atom stereocenters. The van der Waals surface area contributed by atoms with E-state index in [9.17, 15) is 4.79 Å². The number of aryl methyl sites for hydroxylation is 1. The monoisotopic (exact) mass is 353 g/mol. The normalized spacial score (nSPS) is 11.0. The third-order valence-corrected chi connectivity index (χ3v) is 3.91. The molecule has 3 heterocycles. The average Bonchev–Trinajstić information content (AvgIpc) is 3.22. The van der Waals surface area contributed by atoms with Crippen molar-refractivity contribution in [3.63, 3.8) is 0 Å². The van der Waals surface area contributed by atoms with Crippen molar-refractivity contribution in [2.75, 3.05) is 0 Å². The minimum Gasteiger partial charge on any atom is -0.334 e. The zero-order valence-corrected chi connectivity index (χ0v) is 13.9. The number of hydrogen-bond acceptors (Lipinski definition) is 5. The Hall–Kier alpha value is -3.19. The van der Waals surface area contributed by atoms with Gasteiger partial charge < -0.3 is 9.51 Å². The molecule has 0 amide bonds. The first kappa shape index (κ1) is 15.3. The minimum atomic E-state index is -0.201. The number of halogens is 1. The lowest BCUT2D eigenvalue weighted by atomic mass is 10.2. The highest BCUT2D eigenvalue weighted by Gasteiger charge is 2.13. The Bertz CT molecular complexity index is 1110. The van der Waals surface area contributed by atoms with Crippen molar-refractivity contribution in [1.29, 1.82) is 0 Å². The van der Waals surface area contributed by atoms with Crippen LogP contribution in [0.3, 0.4) is 0 Å². The van der Waals surface area contributed by atoms with Crippen LogP contribution >= 0.6 is 11.6 Å². The molecule has 0 fully saturated rings. The van der Waals surface area contributed by atoms with Crippen LogP contribution in [-0.4, -0.2) is 24.7 Å². The van der Waals surface area contributed by atoms with Crippen LogP contribution in [0.1, 0.15) is 5.69 Å². The molecule has 4 rings (SSSR count). The fourth-order valence-corrected chi connectivity index (χ4v) is 2.72. The number of benzene rings is 1. The number of imidazole rings is 1. The summed E-state index contributed by atoms with van der Waals surface area (Å²) < 4.78 is 6.88. The second-order valence-corrected chi connectivity index (χ2v) is 5.87. The highest BCUT2D eigenvalue weighted by Crippen LogP contribution is 2.24. The molecule has 25 heavy (non-hydrogen) atoms. The summed E-state index contributed by atoms with van der Waals surface area (Å²) in [4.78, 5) is 23.0. The third kappa shape index (κ3) is 2.85. The van der Waals surface area contributed by atoms with Gasteiger partial charge in [-0.1, -0.05) is 28.9 Å². The van der Waals surface area contributed by atoms with Crippen molar-refractivity contribution in [3.8, 4) is 28.5 Å². The summed E-state index contributed by atoms with van der Waals surface area (Å²) in [5.74, 6) is 0.739. The smallest absolute Gasteiger partial charge is 0.330 e. The van der Waals surface area contributed by atoms with Crippen molar-refractivity contribution in [2.24, 2.45) is 0 Å². The van der Waals surface area contributed by atoms with Gasteiger partial charge in [-0.05, 0) is 25.1 Å². The van der Waals surface area contributed by atoms with Crippen LogP contribution in [0.4, 0.5) is 0 Å². The first-order valence-electron chi connectivity index (χ1n) is 7.44. The number of nitrogens with zero attached hydrogens (tertiary/aromatic N) is 4. The average molecular weight is 354 g/mol. The molecule has 0 saturated carbocycles. The molecule has 124 valence electrons. The van der Waals surface area contributed by atoms with Gasteiger partial charge in [0.15, 0.2) is 0 Å². The predicted octanol–water partition coefficient (Wildman–Crippen LogP) is 3.24. The lowest BCUT2D eigenvalue weighted by molar-refractivity contribution is 0.432. The van der Waals surface area contributed by atoms with Gasteiger partial charge in [0.25, 0.3) is 5.89 Å². The lowest BCUT2D eigenvalue weighted by Crippen LogP contribution is -2.15. The van der Waals surface area contributed by atoms with Crippen molar-refractivity contribution < 1.29 is 4.52 Å². The van der Waals surface area contributed by atoms with E-state index in [-0.39, 0.29) is 5.69 Å². The quantitative estimate of drug-likeness (QED) is 0.610. The Kier molecular flexibility index (Phi) is 3.70. The summed E-state index contributed by atoms with van der Waals surface area (Å²) in [5.41, 5.74) is 2.70. The fourth-order valence-electron chi connectivity index (χ4n) is 2.55. The van der Waals surface area contributed by atoms with Gasteiger partial charge in [0.05, 0.1) is 16.3 Å². The van der Waals surface area contributed by atoms with Gasteiger partial charge >= 0.3 is 5.69 Å². The molecule has 0 saturated heterocycles. The molecule has 7 nitrogen and oxygen atoms in total. The number of hydrogen-bond donors (Lipinski definition) is 1. The van der Waals surface area contributed by atoms with Gasteiger partial charge in [-0.15, -0.1) is 0 Å². The second-order valence-electron chi connectivity index (χ2n) is 5.44. The Morgan fingerprint density at radius 3 is 2.84 bits per heavy atom. The highest BCUT2D eigenvalue weighted by atomic mass is 35.5. The molecule has 0 aliphatic carbocycles. The summed E-state index contributed by atoms with van der Waals surface area (Å²) >= 11 is 5.94. The van der Waals surface area contributed by atoms with E-state index >= 15 is 0 Å². The van der Waals surface area contributed by atoms with Crippen LogP contribution in [0.5, 0.6) is 0 Å². The SMILES string of the molecule is Cc1c[nH]c(=O)n1-c1cccc(-c2noc(-c3cncc(Cl)c3)n2)c1. The molecular formula is C17H12ClN5O2. The fraction of sp³-hybridized carbons (Fsp3) is 0.0588. The maximum absolute atomic E-state index is 11.9. The minimum absolute atomic E-state index is 0.201. The van der Waals surface area contributed by atoms with Crippen molar-refractivity contribution in [1.82, 2.24) is 24.7 Å². The molecule has 0 aliphatic rings. The molecule has 0 radical (unpaired) electrons. The Morgan fingerprint density at radius 1 is 1.20 bits per heavy atom. The van der Waals surface area contributed by atoms with Crippen LogP contribution in [0.15, 0.2) is 58.2 Å². The molecule has 0 aliphatic heterocycles. The van der Waals surface area contributed by atoms with Crippen molar-refractivity contribution in [2.45, 2.75) is 6.92 Å². The number of rotatable bonds is 3. The summed E-state index contributed by atoms with van der Waals surface area (Å²) in [6.07, 6.45) is 4.79. The van der Waals surface area contributed by atoms with Crippen LogP contribution in [0, 0.1) is 6.92 Å². The zero-order chi connectivity index (χ0) is 17.4. The topological polar surface area (TPSA) is 89.6 Å². The number of aromatic amines is 1. The number of aromatic nitrogens is 5. The van der Waals surface area contributed by atoms with Gasteiger partial charge in [-0.2, -0.15) is 4.98 Å². The third-order valence-electron chi connectivity index (χ3n) is 3.70. The van der Waals surface area contributed by atoms with E-state index in [0.717, 1.165) is 16.9 Å². The number of pyridine rings is 1. The van der Waals surface area contributed by atoms with Gasteiger partial charge in [-0.3, -0.25) is 9.55 Å². The van der Waals surface area contributed by atoms with E-state index < -0.39 is 0 Å². The lowest BCUT2D eigenvalue weighted by Gasteiger charge is -2.05. The molecule has 8 heteroatoms. The Labute approximate surface area is 146 Å². The van der Waals surface area contributed by atoms with E-state index in [0.29, 0.717) is 22.3 Å². The van der Waals surface area contributed by atoms with Gasteiger partial charge in [0.1, 0.15) is 0 Å². The van der Waals surface area contributed by atoms with Crippen LogP contribution in [0.25, 0.3) is 28.5 Å². The van der Waals surface area contributed by atoms with Crippen molar-refractivity contribution >= 4 is 11.6 Å². The first-order chi connectivity index (χ1) is 12.1. The predicted molar refractivity (Wildman–Crippen MR) is 92.7 cm³/mol. The second kappa shape index (κ2) is 6.03. The van der Waals surface area contributed by atoms with E-state index in [1.807, 2.05) is 31.2 Å². The van der Waals surface area contributed by atoms with Crippen molar-refractivity contribution in [3.05, 3.63) is 70.1 Å². The van der Waals surface area contributed by atoms with Crippen LogP contribution < -0.4 is 5.69 Å². The van der Waals surface area contributed by atoms with E-state index in [4.69, 9.17) is 16.1 Å². The molecule has 0 spiro atoms. The van der Waals surface area contributed by atoms with E-state index in [2.05, 4.69) is 20.1 Å². The summed E-state index contributed by atoms with van der Waals surface area (Å²) in [6.45, 7) is 1.85. The standard InChI is InChI=1S/C17H12ClN5O2/c1-10-7-20-17(24)23(10)14-4-2-3-11(6-14)15-21-16(25-22-15)12-5-13(18)9-19-8-12/h2-9H,1H3,(H,20,24). The van der Waals surface area contributed by atoms with Crippen LogP contribution in [-0.2, 0) is 0 Å². The maximum atomic E-state index is 11.9. The van der Waals surface area contributed by atoms with E-state index in [1.165, 1.54) is 6.20 Å². The molecule has 0 bridgehead atoms. The zero-order valence-electron chi connectivity index (χ0n) is 13.1.